The maximum absolute atomic E-state index is 9.12. The van der Waals surface area contributed by atoms with Crippen LogP contribution in [0.15, 0.2) is 36.4 Å². The monoisotopic (exact) mass is 276 g/mol. The molecule has 0 radical (unpaired) electrons. The summed E-state index contributed by atoms with van der Waals surface area (Å²) in [6.07, 6.45) is 0. The van der Waals surface area contributed by atoms with Crippen LogP contribution in [-0.4, -0.2) is 16.8 Å². The van der Waals surface area contributed by atoms with Gasteiger partial charge in [0.25, 0.3) is 0 Å². The SMILES string of the molecule is CCOc1ccc(N)c(O)c1.Cc1cccc(N)c1O. The van der Waals surface area contributed by atoms with Crippen LogP contribution in [0.5, 0.6) is 17.2 Å². The summed E-state index contributed by atoms with van der Waals surface area (Å²) >= 11 is 0. The summed E-state index contributed by atoms with van der Waals surface area (Å²) in [4.78, 5) is 0. The molecule has 2 aromatic rings. The third-order valence-corrected chi connectivity index (χ3v) is 2.58. The quantitative estimate of drug-likeness (QED) is 0.499. The van der Waals surface area contributed by atoms with E-state index in [9.17, 15) is 0 Å². The number of hydrogen-bond donors (Lipinski definition) is 4. The van der Waals surface area contributed by atoms with Crippen molar-refractivity contribution in [1.29, 1.82) is 0 Å². The lowest BCUT2D eigenvalue weighted by molar-refractivity contribution is 0.338. The van der Waals surface area contributed by atoms with Gasteiger partial charge in [-0.05, 0) is 37.6 Å². The van der Waals surface area contributed by atoms with Crippen molar-refractivity contribution in [2.45, 2.75) is 13.8 Å². The summed E-state index contributed by atoms with van der Waals surface area (Å²) in [5.41, 5.74) is 12.4. The lowest BCUT2D eigenvalue weighted by Crippen LogP contribution is -1.92. The average Bonchev–Trinajstić information content (AvgIpc) is 2.41. The molecular formula is C15H20N2O3. The van der Waals surface area contributed by atoms with Crippen molar-refractivity contribution in [3.63, 3.8) is 0 Å². The molecule has 5 heteroatoms. The van der Waals surface area contributed by atoms with E-state index in [1.54, 1.807) is 18.2 Å². The lowest BCUT2D eigenvalue weighted by Gasteiger charge is -2.03. The highest BCUT2D eigenvalue weighted by molar-refractivity contribution is 5.55. The van der Waals surface area contributed by atoms with Crippen LogP contribution in [-0.2, 0) is 0 Å². The Morgan fingerprint density at radius 2 is 1.75 bits per heavy atom. The Morgan fingerprint density at radius 3 is 2.25 bits per heavy atom. The number of para-hydroxylation sites is 1. The number of rotatable bonds is 2. The average molecular weight is 276 g/mol. The van der Waals surface area contributed by atoms with E-state index in [4.69, 9.17) is 26.4 Å². The van der Waals surface area contributed by atoms with Gasteiger partial charge < -0.3 is 26.4 Å². The number of phenols is 2. The van der Waals surface area contributed by atoms with Gasteiger partial charge in [-0.2, -0.15) is 0 Å². The van der Waals surface area contributed by atoms with Crippen molar-refractivity contribution in [2.75, 3.05) is 18.1 Å². The number of benzene rings is 2. The molecule has 5 nitrogen and oxygen atoms in total. The third-order valence-electron chi connectivity index (χ3n) is 2.58. The molecule has 0 aliphatic rings. The standard InChI is InChI=1S/C8H11NO2.C7H9NO/c1-2-11-6-3-4-7(9)8(10)5-6;1-5-3-2-4-6(8)7(5)9/h3-5,10H,2,9H2,1H3;2-4,9H,8H2,1H3. The van der Waals surface area contributed by atoms with E-state index in [0.29, 0.717) is 23.7 Å². The molecule has 0 amide bonds. The number of nitrogen functional groups attached to an aromatic ring is 2. The molecule has 2 rings (SSSR count). The number of aryl methyl sites for hydroxylation is 1. The van der Waals surface area contributed by atoms with E-state index >= 15 is 0 Å². The fraction of sp³-hybridized carbons (Fsp3) is 0.200. The molecule has 20 heavy (non-hydrogen) atoms. The van der Waals surface area contributed by atoms with Gasteiger partial charge in [0.2, 0.25) is 0 Å². The first kappa shape index (κ1) is 15.5. The van der Waals surface area contributed by atoms with E-state index in [-0.39, 0.29) is 11.5 Å². The second-order valence-corrected chi connectivity index (χ2v) is 4.17. The van der Waals surface area contributed by atoms with Crippen molar-refractivity contribution in [2.24, 2.45) is 0 Å². The van der Waals surface area contributed by atoms with Gasteiger partial charge in [-0.25, -0.2) is 0 Å². The van der Waals surface area contributed by atoms with Crippen molar-refractivity contribution in [1.82, 2.24) is 0 Å². The number of aromatic hydroxyl groups is 2. The molecule has 2 aromatic carbocycles. The summed E-state index contributed by atoms with van der Waals surface area (Å²) in [5.74, 6) is 0.896. The number of ether oxygens (including phenoxy) is 1. The van der Waals surface area contributed by atoms with Gasteiger partial charge in [0, 0.05) is 6.07 Å². The van der Waals surface area contributed by atoms with Gasteiger partial charge in [-0.1, -0.05) is 12.1 Å². The summed E-state index contributed by atoms with van der Waals surface area (Å²) in [7, 11) is 0. The van der Waals surface area contributed by atoms with Crippen LogP contribution in [0.2, 0.25) is 0 Å². The number of anilines is 2. The van der Waals surface area contributed by atoms with Gasteiger partial charge in [-0.3, -0.25) is 0 Å². The van der Waals surface area contributed by atoms with E-state index in [1.165, 1.54) is 6.07 Å². The van der Waals surface area contributed by atoms with Crippen LogP contribution in [0.3, 0.4) is 0 Å². The van der Waals surface area contributed by atoms with Gasteiger partial charge in [0.1, 0.15) is 17.2 Å². The molecule has 0 aliphatic carbocycles. The molecule has 0 fully saturated rings. The van der Waals surface area contributed by atoms with Crippen LogP contribution >= 0.6 is 0 Å². The molecule has 6 N–H and O–H groups in total. The van der Waals surface area contributed by atoms with E-state index < -0.39 is 0 Å². The number of nitrogens with two attached hydrogens (primary N) is 2. The zero-order chi connectivity index (χ0) is 15.1. The van der Waals surface area contributed by atoms with Crippen LogP contribution in [0.4, 0.5) is 11.4 Å². The van der Waals surface area contributed by atoms with Gasteiger partial charge >= 0.3 is 0 Å². The summed E-state index contributed by atoms with van der Waals surface area (Å²) in [6.45, 7) is 4.28. The number of hydrogen-bond acceptors (Lipinski definition) is 5. The van der Waals surface area contributed by atoms with Crippen molar-refractivity contribution in [3.05, 3.63) is 42.0 Å². The topological polar surface area (TPSA) is 102 Å². The molecule has 0 spiro atoms. The fourth-order valence-electron chi connectivity index (χ4n) is 1.46. The minimum absolute atomic E-state index is 0.0657. The minimum atomic E-state index is 0.0657. The first-order valence-corrected chi connectivity index (χ1v) is 6.21. The molecule has 0 heterocycles. The van der Waals surface area contributed by atoms with E-state index in [2.05, 4.69) is 0 Å². The second-order valence-electron chi connectivity index (χ2n) is 4.17. The summed E-state index contributed by atoms with van der Waals surface area (Å²) in [6, 6.07) is 10.1. The smallest absolute Gasteiger partial charge is 0.142 e. The Bertz CT molecular complexity index is 551. The van der Waals surface area contributed by atoms with Crippen molar-refractivity contribution < 1.29 is 14.9 Å². The van der Waals surface area contributed by atoms with Crippen LogP contribution in [0.1, 0.15) is 12.5 Å². The predicted molar refractivity (Wildman–Crippen MR) is 80.9 cm³/mol. The lowest BCUT2D eigenvalue weighted by atomic mass is 10.2. The summed E-state index contributed by atoms with van der Waals surface area (Å²) < 4.78 is 5.13. The Hall–Kier alpha value is -2.56. The molecular weight excluding hydrogens is 256 g/mol. The molecule has 0 unspecified atom stereocenters. The molecule has 0 aliphatic heterocycles. The normalized spacial score (nSPS) is 9.50. The van der Waals surface area contributed by atoms with E-state index in [1.807, 2.05) is 26.0 Å². The van der Waals surface area contributed by atoms with Crippen LogP contribution < -0.4 is 16.2 Å². The fourth-order valence-corrected chi connectivity index (χ4v) is 1.46. The largest absolute Gasteiger partial charge is 0.506 e. The van der Waals surface area contributed by atoms with Gasteiger partial charge in [-0.15, -0.1) is 0 Å². The van der Waals surface area contributed by atoms with Crippen molar-refractivity contribution >= 4 is 11.4 Å². The Labute approximate surface area is 118 Å². The first-order chi connectivity index (χ1) is 9.45. The zero-order valence-electron chi connectivity index (χ0n) is 11.6. The second kappa shape index (κ2) is 7.13. The zero-order valence-corrected chi connectivity index (χ0v) is 11.6. The van der Waals surface area contributed by atoms with Gasteiger partial charge in [0.15, 0.2) is 0 Å². The third kappa shape index (κ3) is 4.28. The Morgan fingerprint density at radius 1 is 1.05 bits per heavy atom. The predicted octanol–water partition coefficient (Wildman–Crippen LogP) is 2.66. The van der Waals surface area contributed by atoms with Crippen molar-refractivity contribution in [3.8, 4) is 17.2 Å². The first-order valence-electron chi connectivity index (χ1n) is 6.21. The maximum Gasteiger partial charge on any atom is 0.142 e. The van der Waals surface area contributed by atoms with E-state index in [0.717, 1.165) is 5.56 Å². The highest BCUT2D eigenvalue weighted by Crippen LogP contribution is 2.25. The highest BCUT2D eigenvalue weighted by Gasteiger charge is 1.97. The Balaban J connectivity index is 0.000000204. The minimum Gasteiger partial charge on any atom is -0.506 e. The summed E-state index contributed by atoms with van der Waals surface area (Å²) in [5, 5.41) is 18.2. The molecule has 0 atom stereocenters. The molecule has 0 saturated heterocycles. The van der Waals surface area contributed by atoms with Crippen LogP contribution in [0, 0.1) is 6.92 Å². The maximum atomic E-state index is 9.12. The number of phenolic OH excluding ortho intramolecular Hbond substituents is 2. The molecule has 0 bridgehead atoms. The van der Waals surface area contributed by atoms with Gasteiger partial charge in [0.05, 0.1) is 18.0 Å². The van der Waals surface area contributed by atoms with Crippen LogP contribution in [0.25, 0.3) is 0 Å². The molecule has 0 saturated carbocycles. The molecule has 0 aromatic heterocycles. The highest BCUT2D eigenvalue weighted by atomic mass is 16.5. The Kier molecular flexibility index (Phi) is 5.53. The molecule has 108 valence electrons.